The molecule has 0 saturated heterocycles. The summed E-state index contributed by atoms with van der Waals surface area (Å²) < 4.78 is 38.0. The number of aromatic nitrogens is 2. The highest BCUT2D eigenvalue weighted by Gasteiger charge is 2.34. The van der Waals surface area contributed by atoms with Crippen molar-refractivity contribution >= 4 is 5.91 Å². The van der Waals surface area contributed by atoms with Crippen molar-refractivity contribution in [2.45, 2.75) is 19.1 Å². The summed E-state index contributed by atoms with van der Waals surface area (Å²) in [6.45, 7) is -0.620. The summed E-state index contributed by atoms with van der Waals surface area (Å²) in [5.41, 5.74) is 0. The molecule has 1 unspecified atom stereocenters. The van der Waals surface area contributed by atoms with Gasteiger partial charge in [0.15, 0.2) is 0 Å². The molecule has 0 aliphatic carbocycles. The molecular formula is C10H11F3N4O. The first kappa shape index (κ1) is 14.0. The number of rotatable bonds is 4. The predicted octanol–water partition coefficient (Wildman–Crippen LogP) is 1.36. The molecule has 0 aliphatic heterocycles. The Morgan fingerprint density at radius 3 is 2.72 bits per heavy atom. The smallest absolute Gasteiger partial charge is 0.318 e. The molecule has 0 aromatic carbocycles. The maximum atomic E-state index is 12.3. The topological polar surface area (TPSA) is 61.9 Å². The van der Waals surface area contributed by atoms with Crippen LogP contribution >= 0.6 is 0 Å². The minimum absolute atomic E-state index is 0.465. The van der Waals surface area contributed by atoms with Crippen LogP contribution in [0.5, 0.6) is 0 Å². The Hall–Kier alpha value is -2.04. The zero-order valence-corrected chi connectivity index (χ0v) is 9.55. The van der Waals surface area contributed by atoms with Crippen LogP contribution in [0.2, 0.25) is 0 Å². The largest absolute Gasteiger partial charge is 0.406 e. The summed E-state index contributed by atoms with van der Waals surface area (Å²) in [6, 6.07) is 2.23. The van der Waals surface area contributed by atoms with E-state index < -0.39 is 31.2 Å². The molecule has 0 saturated carbocycles. The van der Waals surface area contributed by atoms with Gasteiger partial charge in [0.1, 0.15) is 19.1 Å². The molecule has 0 radical (unpaired) electrons. The van der Waals surface area contributed by atoms with E-state index in [-0.39, 0.29) is 0 Å². The van der Waals surface area contributed by atoms with Gasteiger partial charge in [0.2, 0.25) is 5.91 Å². The molecular weight excluding hydrogens is 249 g/mol. The monoisotopic (exact) mass is 260 g/mol. The minimum Gasteiger partial charge on any atom is -0.318 e. The fourth-order valence-corrected chi connectivity index (χ4v) is 1.40. The van der Waals surface area contributed by atoms with E-state index >= 15 is 0 Å². The number of carbonyl (C=O) groups is 1. The average Bonchev–Trinajstić information content (AvgIpc) is 2.78. The lowest BCUT2D eigenvalue weighted by Crippen LogP contribution is -2.42. The van der Waals surface area contributed by atoms with Gasteiger partial charge in [0.05, 0.1) is 6.07 Å². The second kappa shape index (κ2) is 5.53. The molecule has 1 amide bonds. The molecule has 0 spiro atoms. The van der Waals surface area contributed by atoms with Crippen molar-refractivity contribution in [2.75, 3.05) is 13.1 Å². The van der Waals surface area contributed by atoms with E-state index in [1.807, 2.05) is 0 Å². The zero-order chi connectivity index (χ0) is 13.8. The molecule has 5 nitrogen and oxygen atoms in total. The summed E-state index contributed by atoms with van der Waals surface area (Å²) in [7, 11) is 0. The number of hydrogen-bond donors (Lipinski definition) is 0. The van der Waals surface area contributed by atoms with Crippen LogP contribution in [-0.2, 0) is 4.79 Å². The van der Waals surface area contributed by atoms with Crippen LogP contribution in [0.3, 0.4) is 0 Å². The molecule has 0 fully saturated rings. The van der Waals surface area contributed by atoms with Gasteiger partial charge in [-0.2, -0.15) is 23.5 Å². The van der Waals surface area contributed by atoms with Gasteiger partial charge in [-0.25, -0.2) is 0 Å². The van der Waals surface area contributed by atoms with Crippen LogP contribution in [0.4, 0.5) is 13.2 Å². The van der Waals surface area contributed by atoms with Crippen molar-refractivity contribution in [1.29, 1.82) is 5.26 Å². The molecule has 0 N–H and O–H groups in total. The molecule has 18 heavy (non-hydrogen) atoms. The lowest BCUT2D eigenvalue weighted by atomic mass is 10.3. The first-order chi connectivity index (χ1) is 8.35. The number of halogens is 3. The number of alkyl halides is 3. The van der Waals surface area contributed by atoms with Crippen molar-refractivity contribution in [1.82, 2.24) is 14.7 Å². The number of hydrogen-bond acceptors (Lipinski definition) is 3. The molecule has 0 bridgehead atoms. The van der Waals surface area contributed by atoms with Gasteiger partial charge < -0.3 is 4.90 Å². The molecule has 8 heteroatoms. The van der Waals surface area contributed by atoms with Gasteiger partial charge in [-0.3, -0.25) is 9.48 Å². The van der Waals surface area contributed by atoms with Crippen LogP contribution in [0, 0.1) is 11.3 Å². The average molecular weight is 260 g/mol. The van der Waals surface area contributed by atoms with E-state index in [0.717, 1.165) is 0 Å². The maximum absolute atomic E-state index is 12.3. The van der Waals surface area contributed by atoms with Gasteiger partial charge in [0.25, 0.3) is 0 Å². The van der Waals surface area contributed by atoms with E-state index in [1.54, 1.807) is 12.1 Å². The Kier molecular flexibility index (Phi) is 4.31. The first-order valence-electron chi connectivity index (χ1n) is 5.07. The third-order valence-electron chi connectivity index (χ3n) is 2.22. The fraction of sp³-hybridized carbons (Fsp3) is 0.500. The summed E-state index contributed by atoms with van der Waals surface area (Å²) in [4.78, 5) is 12.3. The Morgan fingerprint density at radius 2 is 2.28 bits per heavy atom. The highest BCUT2D eigenvalue weighted by atomic mass is 19.4. The third kappa shape index (κ3) is 3.76. The second-order valence-electron chi connectivity index (χ2n) is 3.63. The Balaban J connectivity index is 2.80. The molecule has 0 aliphatic rings. The van der Waals surface area contributed by atoms with Crippen LogP contribution in [0.15, 0.2) is 18.5 Å². The second-order valence-corrected chi connectivity index (χ2v) is 3.63. The maximum Gasteiger partial charge on any atom is 0.406 e. The highest BCUT2D eigenvalue weighted by Crippen LogP contribution is 2.18. The number of amides is 1. The lowest BCUT2D eigenvalue weighted by molar-refractivity contribution is -0.161. The summed E-state index contributed by atoms with van der Waals surface area (Å²) in [6.07, 6.45) is -1.64. The van der Waals surface area contributed by atoms with Crippen molar-refractivity contribution < 1.29 is 18.0 Å². The SMILES string of the molecule is CC(C(=O)N(CC#N)CC(F)(F)F)n1cccn1. The highest BCUT2D eigenvalue weighted by molar-refractivity contribution is 5.80. The van der Waals surface area contributed by atoms with Crippen molar-refractivity contribution in [3.8, 4) is 6.07 Å². The van der Waals surface area contributed by atoms with E-state index in [4.69, 9.17) is 5.26 Å². The number of carbonyl (C=O) groups excluding carboxylic acids is 1. The summed E-state index contributed by atoms with van der Waals surface area (Å²) in [5.74, 6) is -0.794. The van der Waals surface area contributed by atoms with E-state index in [2.05, 4.69) is 5.10 Å². The molecule has 1 heterocycles. The fourth-order valence-electron chi connectivity index (χ4n) is 1.40. The predicted molar refractivity (Wildman–Crippen MR) is 55.2 cm³/mol. The zero-order valence-electron chi connectivity index (χ0n) is 9.55. The Bertz CT molecular complexity index is 435. The summed E-state index contributed by atoms with van der Waals surface area (Å²) in [5, 5.41) is 12.2. The number of nitriles is 1. The standard InChI is InChI=1S/C10H11F3N4O/c1-8(17-5-2-4-15-17)9(18)16(6-3-14)7-10(11,12)13/h2,4-5,8H,6-7H2,1H3. The van der Waals surface area contributed by atoms with Gasteiger partial charge in [0, 0.05) is 12.4 Å². The van der Waals surface area contributed by atoms with Crippen LogP contribution in [-0.4, -0.2) is 39.9 Å². The van der Waals surface area contributed by atoms with Gasteiger partial charge in [-0.15, -0.1) is 0 Å². The third-order valence-corrected chi connectivity index (χ3v) is 2.22. The first-order valence-corrected chi connectivity index (χ1v) is 5.07. The lowest BCUT2D eigenvalue weighted by Gasteiger charge is -2.24. The Morgan fingerprint density at radius 1 is 1.61 bits per heavy atom. The van der Waals surface area contributed by atoms with Gasteiger partial charge in [-0.05, 0) is 13.0 Å². The molecule has 1 aromatic heterocycles. The van der Waals surface area contributed by atoms with Gasteiger partial charge >= 0.3 is 6.18 Å². The molecule has 1 atom stereocenters. The van der Waals surface area contributed by atoms with Crippen LogP contribution in [0.25, 0.3) is 0 Å². The van der Waals surface area contributed by atoms with E-state index in [1.165, 1.54) is 24.0 Å². The normalized spacial score (nSPS) is 12.8. The van der Waals surface area contributed by atoms with Crippen molar-refractivity contribution in [2.24, 2.45) is 0 Å². The summed E-state index contributed by atoms with van der Waals surface area (Å²) >= 11 is 0. The number of nitrogens with zero attached hydrogens (tertiary/aromatic N) is 4. The quantitative estimate of drug-likeness (QED) is 0.768. The Labute approximate surface area is 101 Å². The molecule has 98 valence electrons. The van der Waals surface area contributed by atoms with E-state index in [9.17, 15) is 18.0 Å². The van der Waals surface area contributed by atoms with Crippen LogP contribution < -0.4 is 0 Å². The minimum atomic E-state index is -4.53. The van der Waals surface area contributed by atoms with Crippen molar-refractivity contribution in [3.63, 3.8) is 0 Å². The van der Waals surface area contributed by atoms with Crippen LogP contribution in [0.1, 0.15) is 13.0 Å². The van der Waals surface area contributed by atoms with E-state index in [0.29, 0.717) is 4.90 Å². The molecule has 1 aromatic rings. The molecule has 1 rings (SSSR count). The van der Waals surface area contributed by atoms with Gasteiger partial charge in [-0.1, -0.05) is 0 Å². The van der Waals surface area contributed by atoms with Crippen molar-refractivity contribution in [3.05, 3.63) is 18.5 Å².